The third kappa shape index (κ3) is 2.59. The van der Waals surface area contributed by atoms with E-state index in [0.29, 0.717) is 11.3 Å². The molecule has 0 saturated carbocycles. The third-order valence-corrected chi connectivity index (χ3v) is 5.21. The number of rotatable bonds is 2. The summed E-state index contributed by atoms with van der Waals surface area (Å²) in [6.07, 6.45) is 0. The van der Waals surface area contributed by atoms with Gasteiger partial charge in [-0.05, 0) is 29.8 Å². The van der Waals surface area contributed by atoms with Crippen molar-refractivity contribution < 1.29 is 24.5 Å². The number of hydrogen-bond donors (Lipinski definition) is 4. The number of phenolic OH excluding ortho intramolecular Hbond substituents is 2. The molecule has 0 aliphatic heterocycles. The highest BCUT2D eigenvalue weighted by Gasteiger charge is 2.39. The summed E-state index contributed by atoms with van der Waals surface area (Å²) in [6.45, 7) is 0. The first-order valence-corrected chi connectivity index (χ1v) is 8.84. The Morgan fingerprint density at radius 2 is 1.34 bits per heavy atom. The summed E-state index contributed by atoms with van der Waals surface area (Å²) in [5, 5.41) is 21.0. The Labute approximate surface area is 170 Å². The highest BCUT2D eigenvalue weighted by atomic mass is 35.5. The van der Waals surface area contributed by atoms with E-state index in [9.17, 15) is 19.8 Å². The molecule has 3 aromatic carbocycles. The fourth-order valence-corrected chi connectivity index (χ4v) is 3.74. The Morgan fingerprint density at radius 1 is 0.828 bits per heavy atom. The molecule has 1 aliphatic rings. The predicted molar refractivity (Wildman–Crippen MR) is 109 cm³/mol. The normalized spacial score (nSPS) is 12.5. The number of carbonyl (C=O) groups excluding carboxylic acids is 2. The van der Waals surface area contributed by atoms with Crippen molar-refractivity contribution in [2.24, 2.45) is 0 Å². The van der Waals surface area contributed by atoms with Gasteiger partial charge in [-0.2, -0.15) is 0 Å². The van der Waals surface area contributed by atoms with Gasteiger partial charge < -0.3 is 26.4 Å². The standard InChI is InChI=1S/C21H15ClN2O5/c1-29-9-4-2-8(3-5-9)10-6-12(23)14-16(18(10)25)20(27)15-13(24)7-11(22)19(26)17(15)21(14)28/h2-7,25-26H,23-24H2,1H3. The molecule has 0 unspecified atom stereocenters. The van der Waals surface area contributed by atoms with E-state index in [4.69, 9.17) is 27.8 Å². The molecule has 8 heteroatoms. The van der Waals surface area contributed by atoms with Crippen molar-refractivity contribution in [3.05, 3.63) is 63.7 Å². The molecule has 29 heavy (non-hydrogen) atoms. The van der Waals surface area contributed by atoms with Crippen molar-refractivity contribution in [2.45, 2.75) is 0 Å². The van der Waals surface area contributed by atoms with Crippen molar-refractivity contribution in [3.8, 4) is 28.4 Å². The van der Waals surface area contributed by atoms with Crippen LogP contribution in [0.5, 0.6) is 17.2 Å². The van der Waals surface area contributed by atoms with Crippen molar-refractivity contribution >= 4 is 34.5 Å². The lowest BCUT2D eigenvalue weighted by Gasteiger charge is -2.23. The Bertz CT molecular complexity index is 1220. The fraction of sp³-hybridized carbons (Fsp3) is 0.0476. The van der Waals surface area contributed by atoms with Gasteiger partial charge in [-0.3, -0.25) is 9.59 Å². The molecular formula is C21H15ClN2O5. The number of benzene rings is 3. The van der Waals surface area contributed by atoms with Crippen molar-refractivity contribution in [2.75, 3.05) is 18.6 Å². The number of nitrogens with two attached hydrogens (primary N) is 2. The summed E-state index contributed by atoms with van der Waals surface area (Å²) in [5.74, 6) is -1.82. The molecule has 1 aliphatic carbocycles. The minimum atomic E-state index is -0.740. The van der Waals surface area contributed by atoms with Crippen molar-refractivity contribution in [1.82, 2.24) is 0 Å². The van der Waals surface area contributed by atoms with E-state index in [0.717, 1.165) is 0 Å². The zero-order chi connectivity index (χ0) is 21.0. The van der Waals surface area contributed by atoms with Crippen molar-refractivity contribution in [3.63, 3.8) is 0 Å². The lowest BCUT2D eigenvalue weighted by atomic mass is 9.80. The SMILES string of the molecule is COc1ccc(-c2cc(N)c3c(c2O)C(=O)c2c(N)cc(Cl)c(O)c2C3=O)cc1. The van der Waals surface area contributed by atoms with E-state index >= 15 is 0 Å². The zero-order valence-electron chi connectivity index (χ0n) is 15.1. The highest BCUT2D eigenvalue weighted by Crippen LogP contribution is 2.46. The molecule has 3 aromatic rings. The number of hydrogen-bond acceptors (Lipinski definition) is 7. The number of halogens is 1. The Hall–Kier alpha value is -3.71. The van der Waals surface area contributed by atoms with Crippen LogP contribution in [0.1, 0.15) is 31.8 Å². The molecule has 0 bridgehead atoms. The Kier molecular flexibility index (Phi) is 4.13. The van der Waals surface area contributed by atoms with Gasteiger partial charge in [0, 0.05) is 16.9 Å². The second kappa shape index (κ2) is 6.42. The maximum Gasteiger partial charge on any atom is 0.200 e. The molecule has 0 heterocycles. The molecule has 0 fully saturated rings. The van der Waals surface area contributed by atoms with E-state index < -0.39 is 23.1 Å². The van der Waals surface area contributed by atoms with Gasteiger partial charge in [0.2, 0.25) is 11.6 Å². The zero-order valence-corrected chi connectivity index (χ0v) is 15.9. The van der Waals surface area contributed by atoms with Crippen LogP contribution in [0.2, 0.25) is 5.02 Å². The van der Waals surface area contributed by atoms with E-state index in [-0.39, 0.29) is 44.2 Å². The molecule has 6 N–H and O–H groups in total. The number of ether oxygens (including phenoxy) is 1. The molecule has 146 valence electrons. The van der Waals surface area contributed by atoms with Crippen LogP contribution in [0.25, 0.3) is 11.1 Å². The molecule has 0 amide bonds. The predicted octanol–water partition coefficient (Wildman–Crippen LogP) is 3.37. The van der Waals surface area contributed by atoms with Crippen molar-refractivity contribution in [1.29, 1.82) is 0 Å². The minimum absolute atomic E-state index is 0.0226. The van der Waals surface area contributed by atoms with E-state index in [1.165, 1.54) is 19.2 Å². The fourth-order valence-electron chi connectivity index (χ4n) is 3.52. The number of methoxy groups -OCH3 is 1. The van der Waals surface area contributed by atoms with Crippen LogP contribution in [0.15, 0.2) is 36.4 Å². The third-order valence-electron chi connectivity index (χ3n) is 4.92. The average molecular weight is 411 g/mol. The summed E-state index contributed by atoms with van der Waals surface area (Å²) in [5.41, 5.74) is 11.7. The minimum Gasteiger partial charge on any atom is -0.506 e. The number of fused-ring (bicyclic) bond motifs is 2. The van der Waals surface area contributed by atoms with E-state index in [1.807, 2.05) is 0 Å². The molecule has 0 spiro atoms. The summed E-state index contributed by atoms with van der Waals surface area (Å²) >= 11 is 5.91. The Morgan fingerprint density at radius 3 is 1.90 bits per heavy atom. The summed E-state index contributed by atoms with van der Waals surface area (Å²) in [4.78, 5) is 26.2. The van der Waals surface area contributed by atoms with Gasteiger partial charge in [0.15, 0.2) is 0 Å². The van der Waals surface area contributed by atoms with Crippen LogP contribution in [0, 0.1) is 0 Å². The molecule has 0 saturated heterocycles. The lowest BCUT2D eigenvalue weighted by molar-refractivity contribution is 0.0975. The number of ketones is 2. The largest absolute Gasteiger partial charge is 0.506 e. The summed E-state index contributed by atoms with van der Waals surface area (Å²) in [6, 6.07) is 9.32. The van der Waals surface area contributed by atoms with Gasteiger partial charge in [0.25, 0.3) is 0 Å². The molecule has 0 aromatic heterocycles. The van der Waals surface area contributed by atoms with E-state index in [1.54, 1.807) is 24.3 Å². The number of aromatic hydroxyl groups is 2. The number of anilines is 2. The van der Waals surface area contributed by atoms with Crippen LogP contribution in [0.4, 0.5) is 11.4 Å². The molecule has 7 nitrogen and oxygen atoms in total. The molecule has 4 rings (SSSR count). The van der Waals surface area contributed by atoms with Gasteiger partial charge in [0.05, 0.1) is 34.4 Å². The molecule has 0 atom stereocenters. The number of nitrogen functional groups attached to an aromatic ring is 2. The van der Waals surface area contributed by atoms with Crippen LogP contribution in [0.3, 0.4) is 0 Å². The average Bonchev–Trinajstić information content (AvgIpc) is 2.70. The van der Waals surface area contributed by atoms with Crippen LogP contribution in [-0.4, -0.2) is 28.9 Å². The molecular weight excluding hydrogens is 396 g/mol. The van der Waals surface area contributed by atoms with Crippen LogP contribution < -0.4 is 16.2 Å². The first kappa shape index (κ1) is 18.6. The second-order valence-electron chi connectivity index (χ2n) is 6.54. The first-order chi connectivity index (χ1) is 13.8. The maximum atomic E-state index is 13.2. The maximum absolute atomic E-state index is 13.2. The van der Waals surface area contributed by atoms with E-state index in [2.05, 4.69) is 0 Å². The quantitative estimate of drug-likeness (QED) is 0.294. The highest BCUT2D eigenvalue weighted by molar-refractivity contribution is 6.38. The van der Waals surface area contributed by atoms with Gasteiger partial charge in [-0.1, -0.05) is 23.7 Å². The van der Waals surface area contributed by atoms with Crippen LogP contribution >= 0.6 is 11.6 Å². The summed E-state index contributed by atoms with van der Waals surface area (Å²) in [7, 11) is 1.52. The lowest BCUT2D eigenvalue weighted by Crippen LogP contribution is -2.24. The molecule has 0 radical (unpaired) electrons. The smallest absolute Gasteiger partial charge is 0.200 e. The first-order valence-electron chi connectivity index (χ1n) is 8.46. The summed E-state index contributed by atoms with van der Waals surface area (Å²) < 4.78 is 5.12. The number of carbonyl (C=O) groups is 2. The van der Waals surface area contributed by atoms with Crippen LogP contribution in [-0.2, 0) is 0 Å². The Balaban J connectivity index is 2.00. The number of phenols is 2. The topological polar surface area (TPSA) is 136 Å². The van der Waals surface area contributed by atoms with Gasteiger partial charge in [-0.15, -0.1) is 0 Å². The van der Waals surface area contributed by atoms with Gasteiger partial charge >= 0.3 is 0 Å². The monoisotopic (exact) mass is 410 g/mol. The second-order valence-corrected chi connectivity index (χ2v) is 6.95. The van der Waals surface area contributed by atoms with Gasteiger partial charge in [-0.25, -0.2) is 0 Å². The van der Waals surface area contributed by atoms with Gasteiger partial charge in [0.1, 0.15) is 17.2 Å².